The molecule has 0 fully saturated rings. The van der Waals surface area contributed by atoms with Crippen molar-refractivity contribution >= 4 is 0 Å². The molecule has 2 aromatic rings. The number of benzene rings is 2. The summed E-state index contributed by atoms with van der Waals surface area (Å²) in [4.78, 5) is 0. The first kappa shape index (κ1) is 28.2. The number of unbranched alkanes of at least 4 members (excludes halogenated alkanes) is 11. The van der Waals surface area contributed by atoms with Crippen LogP contribution in [0.3, 0.4) is 0 Å². The lowest BCUT2D eigenvalue weighted by Crippen LogP contribution is -2.50. The van der Waals surface area contributed by atoms with Gasteiger partial charge in [-0.1, -0.05) is 121 Å². The SMILES string of the molecule is CCCCCCCCCC(Oc1ccccc1)C(O)(CCCCCCCC)Oc1ccccc1. The molecule has 3 heteroatoms. The van der Waals surface area contributed by atoms with E-state index in [2.05, 4.69) is 13.8 Å². The minimum Gasteiger partial charge on any atom is -0.484 e. The summed E-state index contributed by atoms with van der Waals surface area (Å²) in [5.74, 6) is 0.121. The first-order chi connectivity index (χ1) is 16.7. The van der Waals surface area contributed by atoms with Crippen molar-refractivity contribution in [2.45, 2.75) is 122 Å². The molecule has 2 unspecified atom stereocenters. The van der Waals surface area contributed by atoms with Crippen LogP contribution in [0.4, 0.5) is 0 Å². The molecule has 0 saturated heterocycles. The van der Waals surface area contributed by atoms with E-state index in [-0.39, 0.29) is 0 Å². The maximum atomic E-state index is 11.9. The Morgan fingerprint density at radius 2 is 1.09 bits per heavy atom. The summed E-state index contributed by atoms with van der Waals surface area (Å²) in [6.07, 6.45) is 16.6. The van der Waals surface area contributed by atoms with Crippen molar-refractivity contribution in [3.63, 3.8) is 0 Å². The fourth-order valence-corrected chi connectivity index (χ4v) is 4.46. The van der Waals surface area contributed by atoms with Gasteiger partial charge >= 0.3 is 0 Å². The predicted octanol–water partition coefficient (Wildman–Crippen LogP) is 9.09. The molecule has 0 radical (unpaired) electrons. The summed E-state index contributed by atoms with van der Waals surface area (Å²) in [7, 11) is 0. The fraction of sp³-hybridized carbons (Fsp3) is 0.613. The molecular weight excluding hydrogens is 420 g/mol. The molecule has 0 aliphatic carbocycles. The summed E-state index contributed by atoms with van der Waals surface area (Å²) in [6, 6.07) is 19.6. The third-order valence-electron chi connectivity index (χ3n) is 6.52. The van der Waals surface area contributed by atoms with E-state index in [1.807, 2.05) is 60.7 Å². The molecule has 190 valence electrons. The minimum atomic E-state index is -1.36. The fourth-order valence-electron chi connectivity index (χ4n) is 4.46. The van der Waals surface area contributed by atoms with Gasteiger partial charge in [-0.15, -0.1) is 0 Å². The van der Waals surface area contributed by atoms with Crippen LogP contribution < -0.4 is 9.47 Å². The number of hydrogen-bond acceptors (Lipinski definition) is 3. The summed E-state index contributed by atoms with van der Waals surface area (Å²) >= 11 is 0. The third kappa shape index (κ3) is 11.4. The van der Waals surface area contributed by atoms with Crippen LogP contribution in [-0.4, -0.2) is 17.0 Å². The molecule has 0 amide bonds. The molecule has 3 nitrogen and oxygen atoms in total. The van der Waals surface area contributed by atoms with Gasteiger partial charge in [0.15, 0.2) is 6.10 Å². The largest absolute Gasteiger partial charge is 0.484 e. The smallest absolute Gasteiger partial charge is 0.245 e. The van der Waals surface area contributed by atoms with Crippen LogP contribution in [0.15, 0.2) is 60.7 Å². The molecule has 0 heterocycles. The van der Waals surface area contributed by atoms with Crippen molar-refractivity contribution in [3.05, 3.63) is 60.7 Å². The average molecular weight is 469 g/mol. The molecule has 0 saturated carbocycles. The van der Waals surface area contributed by atoms with Crippen LogP contribution in [-0.2, 0) is 0 Å². The quantitative estimate of drug-likeness (QED) is 0.155. The van der Waals surface area contributed by atoms with Crippen LogP contribution in [0.2, 0.25) is 0 Å². The Morgan fingerprint density at radius 3 is 1.65 bits per heavy atom. The number of para-hydroxylation sites is 2. The van der Waals surface area contributed by atoms with Crippen LogP contribution in [0.5, 0.6) is 11.5 Å². The van der Waals surface area contributed by atoms with E-state index in [1.54, 1.807) is 0 Å². The number of ether oxygens (including phenoxy) is 2. The summed E-state index contributed by atoms with van der Waals surface area (Å²) < 4.78 is 12.7. The first-order valence-corrected chi connectivity index (χ1v) is 13.9. The van der Waals surface area contributed by atoms with Gasteiger partial charge in [-0.2, -0.15) is 0 Å². The van der Waals surface area contributed by atoms with Gasteiger partial charge in [0, 0.05) is 6.42 Å². The van der Waals surface area contributed by atoms with Gasteiger partial charge in [0.05, 0.1) is 0 Å². The van der Waals surface area contributed by atoms with Crippen LogP contribution in [0, 0.1) is 0 Å². The highest BCUT2D eigenvalue weighted by Gasteiger charge is 2.40. The van der Waals surface area contributed by atoms with Gasteiger partial charge in [-0.3, -0.25) is 0 Å². The Kier molecular flexibility index (Phi) is 14.5. The Hall–Kier alpha value is -2.00. The molecule has 34 heavy (non-hydrogen) atoms. The van der Waals surface area contributed by atoms with Gasteiger partial charge in [0.1, 0.15) is 11.5 Å². The zero-order valence-electron chi connectivity index (χ0n) is 21.7. The van der Waals surface area contributed by atoms with Crippen molar-refractivity contribution in [2.24, 2.45) is 0 Å². The third-order valence-corrected chi connectivity index (χ3v) is 6.52. The monoisotopic (exact) mass is 468 g/mol. The average Bonchev–Trinajstić information content (AvgIpc) is 2.86. The van der Waals surface area contributed by atoms with Crippen molar-refractivity contribution in [1.29, 1.82) is 0 Å². The highest BCUT2D eigenvalue weighted by atomic mass is 16.7. The molecule has 0 spiro atoms. The van der Waals surface area contributed by atoms with Crippen molar-refractivity contribution < 1.29 is 14.6 Å². The normalized spacial score (nSPS) is 13.9. The predicted molar refractivity (Wildman–Crippen MR) is 143 cm³/mol. The lowest BCUT2D eigenvalue weighted by atomic mass is 9.95. The Labute approximate surface area is 208 Å². The molecule has 2 rings (SSSR count). The van der Waals surface area contributed by atoms with Crippen LogP contribution >= 0.6 is 0 Å². The van der Waals surface area contributed by atoms with E-state index >= 15 is 0 Å². The zero-order chi connectivity index (χ0) is 24.3. The molecule has 0 bridgehead atoms. The number of aliphatic hydroxyl groups is 1. The summed E-state index contributed by atoms with van der Waals surface area (Å²) in [5.41, 5.74) is 0. The number of hydrogen-bond donors (Lipinski definition) is 1. The minimum absolute atomic E-state index is 0.415. The second-order valence-electron chi connectivity index (χ2n) is 9.61. The van der Waals surface area contributed by atoms with Crippen molar-refractivity contribution in [1.82, 2.24) is 0 Å². The molecule has 1 N–H and O–H groups in total. The topological polar surface area (TPSA) is 38.7 Å². The van der Waals surface area contributed by atoms with Gasteiger partial charge in [0.2, 0.25) is 5.79 Å². The molecule has 2 aromatic carbocycles. The lowest BCUT2D eigenvalue weighted by Gasteiger charge is -2.36. The van der Waals surface area contributed by atoms with E-state index in [4.69, 9.17) is 9.47 Å². The lowest BCUT2D eigenvalue weighted by molar-refractivity contribution is -0.204. The standard InChI is InChI=1S/C31H48O3/c1-3-5-7-9-11-12-20-26-30(33-28-22-16-14-17-23-28)31(32,27-21-13-10-8-6-4-2)34-29-24-18-15-19-25-29/h14-19,22-25,30,32H,3-13,20-21,26-27H2,1-2H3. The Balaban J connectivity index is 2.07. The van der Waals surface area contributed by atoms with Gasteiger partial charge in [-0.25, -0.2) is 0 Å². The van der Waals surface area contributed by atoms with E-state index < -0.39 is 11.9 Å². The molecule has 0 aliphatic rings. The van der Waals surface area contributed by atoms with Crippen LogP contribution in [0.1, 0.15) is 110 Å². The second kappa shape index (κ2) is 17.4. The van der Waals surface area contributed by atoms with Gasteiger partial charge in [-0.05, 0) is 43.5 Å². The first-order valence-electron chi connectivity index (χ1n) is 13.9. The maximum absolute atomic E-state index is 11.9. The van der Waals surface area contributed by atoms with E-state index in [1.165, 1.54) is 57.8 Å². The van der Waals surface area contributed by atoms with E-state index in [0.717, 1.165) is 37.9 Å². The Bertz CT molecular complexity index is 718. The van der Waals surface area contributed by atoms with Gasteiger partial charge in [0.25, 0.3) is 0 Å². The molecule has 2 atom stereocenters. The van der Waals surface area contributed by atoms with Gasteiger partial charge < -0.3 is 14.6 Å². The van der Waals surface area contributed by atoms with Crippen LogP contribution in [0.25, 0.3) is 0 Å². The Morgan fingerprint density at radius 1 is 0.618 bits per heavy atom. The summed E-state index contributed by atoms with van der Waals surface area (Å²) in [6.45, 7) is 4.49. The van der Waals surface area contributed by atoms with E-state index in [0.29, 0.717) is 12.2 Å². The van der Waals surface area contributed by atoms with Crippen molar-refractivity contribution in [2.75, 3.05) is 0 Å². The number of rotatable bonds is 20. The van der Waals surface area contributed by atoms with E-state index in [9.17, 15) is 5.11 Å². The second-order valence-corrected chi connectivity index (χ2v) is 9.61. The van der Waals surface area contributed by atoms with Crippen molar-refractivity contribution in [3.8, 4) is 11.5 Å². The zero-order valence-corrected chi connectivity index (χ0v) is 21.7. The molecule has 0 aliphatic heterocycles. The highest BCUT2D eigenvalue weighted by molar-refractivity contribution is 5.23. The maximum Gasteiger partial charge on any atom is 0.245 e. The molecule has 0 aromatic heterocycles. The summed E-state index contributed by atoms with van der Waals surface area (Å²) in [5, 5.41) is 11.9. The highest BCUT2D eigenvalue weighted by Crippen LogP contribution is 2.31. The molecular formula is C31H48O3.